The lowest BCUT2D eigenvalue weighted by molar-refractivity contribution is -0.132. The molecule has 1 aliphatic heterocycles. The molecule has 0 radical (unpaired) electrons. The smallest absolute Gasteiger partial charge is 0.239 e. The van der Waals surface area contributed by atoms with Gasteiger partial charge in [-0.25, -0.2) is 0 Å². The van der Waals surface area contributed by atoms with Gasteiger partial charge in [0.25, 0.3) is 0 Å². The quantitative estimate of drug-likeness (QED) is 0.945. The van der Waals surface area contributed by atoms with Crippen LogP contribution in [0.15, 0.2) is 42.5 Å². The predicted octanol–water partition coefficient (Wildman–Crippen LogP) is 2.97. The summed E-state index contributed by atoms with van der Waals surface area (Å²) >= 11 is 0. The first-order valence-corrected chi connectivity index (χ1v) is 7.20. The molecule has 1 unspecified atom stereocenters. The Balaban J connectivity index is 0.00000161. The first kappa shape index (κ1) is 15.8. The first-order valence-electron chi connectivity index (χ1n) is 7.20. The summed E-state index contributed by atoms with van der Waals surface area (Å²) in [6.45, 7) is 1.63. The summed E-state index contributed by atoms with van der Waals surface area (Å²) in [4.78, 5) is 14.1. The van der Waals surface area contributed by atoms with E-state index in [1.54, 1.807) is 0 Å². The van der Waals surface area contributed by atoms with Crippen LogP contribution in [0.3, 0.4) is 0 Å². The fraction of sp³-hybridized carbons (Fsp3) is 0.353. The summed E-state index contributed by atoms with van der Waals surface area (Å²) in [5, 5.41) is 5.73. The van der Waals surface area contributed by atoms with Crippen molar-refractivity contribution in [2.75, 3.05) is 13.6 Å². The van der Waals surface area contributed by atoms with Gasteiger partial charge in [-0.05, 0) is 41.8 Å². The minimum absolute atomic E-state index is 0. The SMILES string of the molecule is CN(Cc1ccc2ccccc2c1)C(=O)C1CCCN1.Cl. The average molecular weight is 305 g/mol. The van der Waals surface area contributed by atoms with Gasteiger partial charge in [0, 0.05) is 13.6 Å². The van der Waals surface area contributed by atoms with Gasteiger partial charge in [0.05, 0.1) is 6.04 Å². The van der Waals surface area contributed by atoms with Crippen LogP contribution < -0.4 is 5.32 Å². The van der Waals surface area contributed by atoms with Crippen LogP contribution in [0.4, 0.5) is 0 Å². The maximum atomic E-state index is 12.3. The lowest BCUT2D eigenvalue weighted by Gasteiger charge is -2.21. The highest BCUT2D eigenvalue weighted by atomic mass is 35.5. The monoisotopic (exact) mass is 304 g/mol. The van der Waals surface area contributed by atoms with Gasteiger partial charge in [0.15, 0.2) is 0 Å². The Morgan fingerprint density at radius 3 is 2.71 bits per heavy atom. The van der Waals surface area contributed by atoms with E-state index in [0.29, 0.717) is 6.54 Å². The number of likely N-dealkylation sites (N-methyl/N-ethyl adjacent to an activating group) is 1. The van der Waals surface area contributed by atoms with Gasteiger partial charge in [-0.2, -0.15) is 0 Å². The molecular weight excluding hydrogens is 284 g/mol. The van der Waals surface area contributed by atoms with Gasteiger partial charge in [-0.3, -0.25) is 4.79 Å². The fourth-order valence-corrected chi connectivity index (χ4v) is 2.85. The number of halogens is 1. The summed E-state index contributed by atoms with van der Waals surface area (Å²) in [5.41, 5.74) is 1.18. The molecule has 2 aromatic rings. The summed E-state index contributed by atoms with van der Waals surface area (Å²) in [6.07, 6.45) is 2.06. The Kier molecular flexibility index (Phi) is 5.21. The Hall–Kier alpha value is -1.58. The molecule has 1 saturated heterocycles. The van der Waals surface area contributed by atoms with Crippen molar-refractivity contribution in [2.24, 2.45) is 0 Å². The number of carbonyl (C=O) groups is 1. The zero-order valence-corrected chi connectivity index (χ0v) is 13.0. The highest BCUT2D eigenvalue weighted by molar-refractivity contribution is 5.85. The molecule has 2 aromatic carbocycles. The van der Waals surface area contributed by atoms with Gasteiger partial charge in [-0.15, -0.1) is 12.4 Å². The van der Waals surface area contributed by atoms with Gasteiger partial charge >= 0.3 is 0 Å². The van der Waals surface area contributed by atoms with Crippen molar-refractivity contribution in [3.63, 3.8) is 0 Å². The molecule has 1 amide bonds. The predicted molar refractivity (Wildman–Crippen MR) is 88.7 cm³/mol. The van der Waals surface area contributed by atoms with Crippen LogP contribution in [0.2, 0.25) is 0 Å². The number of hydrogen-bond donors (Lipinski definition) is 1. The van der Waals surface area contributed by atoms with Crippen molar-refractivity contribution < 1.29 is 4.79 Å². The maximum Gasteiger partial charge on any atom is 0.239 e. The zero-order valence-electron chi connectivity index (χ0n) is 12.2. The van der Waals surface area contributed by atoms with Gasteiger partial charge < -0.3 is 10.2 Å². The van der Waals surface area contributed by atoms with E-state index in [2.05, 4.69) is 35.6 Å². The molecule has 0 bridgehead atoms. The van der Waals surface area contributed by atoms with Crippen molar-refractivity contribution in [3.8, 4) is 0 Å². The minimum atomic E-state index is 0. The van der Waals surface area contributed by atoms with Crippen LogP contribution in [-0.2, 0) is 11.3 Å². The fourth-order valence-electron chi connectivity index (χ4n) is 2.85. The zero-order chi connectivity index (χ0) is 13.9. The first-order chi connectivity index (χ1) is 9.74. The Bertz CT molecular complexity index is 623. The van der Waals surface area contributed by atoms with E-state index in [0.717, 1.165) is 19.4 Å². The number of rotatable bonds is 3. The van der Waals surface area contributed by atoms with E-state index >= 15 is 0 Å². The van der Waals surface area contributed by atoms with Crippen LogP contribution in [-0.4, -0.2) is 30.4 Å². The number of nitrogens with zero attached hydrogens (tertiary/aromatic N) is 1. The molecule has 0 aromatic heterocycles. The van der Waals surface area contributed by atoms with Crippen LogP contribution in [0.5, 0.6) is 0 Å². The van der Waals surface area contributed by atoms with Crippen molar-refractivity contribution in [2.45, 2.75) is 25.4 Å². The molecule has 112 valence electrons. The topological polar surface area (TPSA) is 32.3 Å². The van der Waals surface area contributed by atoms with Gasteiger partial charge in [-0.1, -0.05) is 36.4 Å². The molecule has 1 fully saturated rings. The van der Waals surface area contributed by atoms with E-state index < -0.39 is 0 Å². The molecule has 3 rings (SSSR count). The highest BCUT2D eigenvalue weighted by Crippen LogP contribution is 2.17. The molecule has 0 aliphatic carbocycles. The summed E-state index contributed by atoms with van der Waals surface area (Å²) in [5.74, 6) is 0.204. The average Bonchev–Trinajstić information content (AvgIpc) is 3.00. The van der Waals surface area contributed by atoms with Crippen LogP contribution in [0.25, 0.3) is 10.8 Å². The molecule has 21 heavy (non-hydrogen) atoms. The molecular formula is C17H21ClN2O. The number of hydrogen-bond acceptors (Lipinski definition) is 2. The number of fused-ring (bicyclic) bond motifs is 1. The van der Waals surface area contributed by atoms with Crippen molar-refractivity contribution in [1.29, 1.82) is 0 Å². The van der Waals surface area contributed by atoms with Crippen molar-refractivity contribution in [3.05, 3.63) is 48.0 Å². The highest BCUT2D eigenvalue weighted by Gasteiger charge is 2.24. The van der Waals surface area contributed by atoms with Crippen molar-refractivity contribution >= 4 is 29.1 Å². The molecule has 1 aliphatic rings. The van der Waals surface area contributed by atoms with E-state index in [1.165, 1.54) is 16.3 Å². The van der Waals surface area contributed by atoms with Crippen LogP contribution in [0, 0.1) is 0 Å². The second-order valence-corrected chi connectivity index (χ2v) is 5.52. The molecule has 4 heteroatoms. The summed E-state index contributed by atoms with van der Waals surface area (Å²) in [7, 11) is 1.89. The molecule has 1 N–H and O–H groups in total. The summed E-state index contributed by atoms with van der Waals surface area (Å²) in [6, 6.07) is 14.7. The summed E-state index contributed by atoms with van der Waals surface area (Å²) < 4.78 is 0. The lowest BCUT2D eigenvalue weighted by atomic mass is 10.1. The van der Waals surface area contributed by atoms with E-state index in [1.807, 2.05) is 24.1 Å². The second-order valence-electron chi connectivity index (χ2n) is 5.52. The molecule has 1 atom stereocenters. The second kappa shape index (κ2) is 6.92. The number of carbonyl (C=O) groups excluding carboxylic acids is 1. The number of nitrogens with one attached hydrogen (secondary N) is 1. The Labute approximate surface area is 131 Å². The van der Waals surface area contributed by atoms with E-state index in [9.17, 15) is 4.79 Å². The molecule has 3 nitrogen and oxygen atoms in total. The maximum absolute atomic E-state index is 12.3. The molecule has 0 spiro atoms. The van der Waals surface area contributed by atoms with Crippen LogP contribution >= 0.6 is 12.4 Å². The largest absolute Gasteiger partial charge is 0.340 e. The Morgan fingerprint density at radius 1 is 1.24 bits per heavy atom. The standard InChI is InChI=1S/C17H20N2O.ClH/c1-19(17(20)16-7-4-10-18-16)12-13-8-9-14-5-2-3-6-15(14)11-13;/h2-3,5-6,8-9,11,16,18H,4,7,10,12H2,1H3;1H. The Morgan fingerprint density at radius 2 is 2.00 bits per heavy atom. The normalized spacial score (nSPS) is 17.5. The molecule has 1 heterocycles. The third-order valence-corrected chi connectivity index (χ3v) is 3.97. The van der Waals surface area contributed by atoms with E-state index in [-0.39, 0.29) is 24.4 Å². The lowest BCUT2D eigenvalue weighted by Crippen LogP contribution is -2.41. The van der Waals surface area contributed by atoms with Crippen LogP contribution in [0.1, 0.15) is 18.4 Å². The van der Waals surface area contributed by atoms with Crippen molar-refractivity contribution in [1.82, 2.24) is 10.2 Å². The number of amides is 1. The minimum Gasteiger partial charge on any atom is -0.340 e. The van der Waals surface area contributed by atoms with Gasteiger partial charge in [0.2, 0.25) is 5.91 Å². The van der Waals surface area contributed by atoms with E-state index in [4.69, 9.17) is 0 Å². The third kappa shape index (κ3) is 3.55. The third-order valence-electron chi connectivity index (χ3n) is 3.97. The van der Waals surface area contributed by atoms with Gasteiger partial charge in [0.1, 0.15) is 0 Å². The number of benzene rings is 2. The molecule has 0 saturated carbocycles.